The molecule has 1 unspecified atom stereocenters. The Morgan fingerprint density at radius 2 is 1.78 bits per heavy atom. The van der Waals surface area contributed by atoms with E-state index in [4.69, 9.17) is 10.5 Å². The molecule has 7 heteroatoms. The molecule has 0 bridgehead atoms. The fourth-order valence-electron chi connectivity index (χ4n) is 4.18. The number of benzene rings is 3. The summed E-state index contributed by atoms with van der Waals surface area (Å²) in [6.45, 7) is 3.79. The fourth-order valence-corrected chi connectivity index (χ4v) is 4.18. The molecule has 0 saturated heterocycles. The average Bonchev–Trinajstić information content (AvgIpc) is 3.27. The van der Waals surface area contributed by atoms with Crippen LogP contribution in [0.4, 0.5) is 0 Å². The Morgan fingerprint density at radius 1 is 1.06 bits per heavy atom. The summed E-state index contributed by atoms with van der Waals surface area (Å²) in [5.41, 5.74) is 9.81. The van der Waals surface area contributed by atoms with E-state index in [0.717, 1.165) is 27.6 Å². The number of hydrogen-bond donors (Lipinski definition) is 3. The molecule has 4 N–H and O–H groups in total. The van der Waals surface area contributed by atoms with Gasteiger partial charge in [0, 0.05) is 28.7 Å². The van der Waals surface area contributed by atoms with Crippen molar-refractivity contribution in [1.82, 2.24) is 10.3 Å². The largest absolute Gasteiger partial charge is 0.490 e. The van der Waals surface area contributed by atoms with Gasteiger partial charge < -0.3 is 20.8 Å². The maximum absolute atomic E-state index is 13.5. The first-order chi connectivity index (χ1) is 17.4. The van der Waals surface area contributed by atoms with Crippen molar-refractivity contribution in [3.05, 3.63) is 89.6 Å². The number of nitrogens with two attached hydrogens (primary N) is 1. The van der Waals surface area contributed by atoms with E-state index in [1.54, 1.807) is 36.4 Å². The lowest BCUT2D eigenvalue weighted by Crippen LogP contribution is -2.36. The smallest absolute Gasteiger partial charge is 0.255 e. The van der Waals surface area contributed by atoms with Crippen LogP contribution in [-0.4, -0.2) is 28.9 Å². The molecule has 7 nitrogen and oxygen atoms in total. The molecule has 36 heavy (non-hydrogen) atoms. The number of primary amides is 1. The minimum Gasteiger partial charge on any atom is -0.490 e. The van der Waals surface area contributed by atoms with Crippen molar-refractivity contribution in [3.63, 3.8) is 0 Å². The van der Waals surface area contributed by atoms with Crippen molar-refractivity contribution in [2.75, 3.05) is 0 Å². The number of carbonyl (C=O) groups is 2. The highest BCUT2D eigenvalue weighted by atomic mass is 16.5. The molecule has 3 aromatic carbocycles. The summed E-state index contributed by atoms with van der Waals surface area (Å²) in [5.74, 6) is -0.356. The van der Waals surface area contributed by atoms with Gasteiger partial charge in [-0.05, 0) is 67.3 Å². The zero-order valence-electron chi connectivity index (χ0n) is 20.2. The monoisotopic (exact) mass is 480 g/mol. The van der Waals surface area contributed by atoms with Crippen LogP contribution in [0, 0.1) is 11.3 Å². The second-order valence-corrected chi connectivity index (χ2v) is 8.92. The number of carbonyl (C=O) groups excluding carboxylic acids is 2. The van der Waals surface area contributed by atoms with Gasteiger partial charge in [-0.1, -0.05) is 36.4 Å². The van der Waals surface area contributed by atoms with Crippen molar-refractivity contribution in [1.29, 1.82) is 5.26 Å². The predicted octanol–water partition coefficient (Wildman–Crippen LogP) is 4.98. The van der Waals surface area contributed by atoms with Crippen LogP contribution < -0.4 is 15.8 Å². The molecule has 1 aromatic heterocycles. The predicted molar refractivity (Wildman–Crippen MR) is 140 cm³/mol. The maximum atomic E-state index is 13.5. The molecular formula is C29H28N4O3. The Labute approximate surface area is 209 Å². The van der Waals surface area contributed by atoms with E-state index in [1.165, 1.54) is 0 Å². The average molecular weight is 481 g/mol. The Balaban J connectivity index is 1.62. The van der Waals surface area contributed by atoms with Crippen LogP contribution in [0.1, 0.15) is 46.5 Å². The third-order valence-electron chi connectivity index (χ3n) is 5.90. The van der Waals surface area contributed by atoms with E-state index in [1.807, 2.05) is 50.4 Å². The van der Waals surface area contributed by atoms with Gasteiger partial charge in [0.05, 0.1) is 24.2 Å². The van der Waals surface area contributed by atoms with E-state index in [9.17, 15) is 14.9 Å². The summed E-state index contributed by atoms with van der Waals surface area (Å²) in [6, 6.07) is 22.0. The molecule has 0 fully saturated rings. The summed E-state index contributed by atoms with van der Waals surface area (Å²) in [6.07, 6.45) is 2.47. The number of para-hydroxylation sites is 1. The maximum Gasteiger partial charge on any atom is 0.255 e. The Kier molecular flexibility index (Phi) is 7.36. The lowest BCUT2D eigenvalue weighted by Gasteiger charge is -2.19. The van der Waals surface area contributed by atoms with Crippen molar-refractivity contribution < 1.29 is 14.3 Å². The normalized spacial score (nSPS) is 11.7. The highest BCUT2D eigenvalue weighted by Crippen LogP contribution is 2.28. The summed E-state index contributed by atoms with van der Waals surface area (Å²) in [4.78, 5) is 28.1. The molecule has 2 amide bonds. The van der Waals surface area contributed by atoms with Crippen LogP contribution in [-0.2, 0) is 6.42 Å². The van der Waals surface area contributed by atoms with Crippen LogP contribution in [0.15, 0.2) is 72.9 Å². The van der Waals surface area contributed by atoms with Crippen LogP contribution in [0.2, 0.25) is 0 Å². The number of ether oxygens (including phenoxy) is 1. The van der Waals surface area contributed by atoms with Gasteiger partial charge in [-0.3, -0.25) is 9.59 Å². The molecule has 1 atom stereocenters. The number of hydrogen-bond acceptors (Lipinski definition) is 4. The number of aromatic amines is 1. The van der Waals surface area contributed by atoms with E-state index >= 15 is 0 Å². The van der Waals surface area contributed by atoms with Crippen LogP contribution in [0.25, 0.3) is 22.0 Å². The minimum absolute atomic E-state index is 0.127. The van der Waals surface area contributed by atoms with E-state index in [2.05, 4.69) is 16.4 Å². The number of amides is 2. The number of fused-ring (bicyclic) bond motifs is 1. The van der Waals surface area contributed by atoms with E-state index in [0.29, 0.717) is 23.3 Å². The molecule has 0 spiro atoms. The SMILES string of the molecule is CC(C)Oc1ccc(-c2ccc(C(N)=O)cc2)cc1C(=O)NC(CC#N)Cc1c[nH]c2ccccc12. The van der Waals surface area contributed by atoms with Crippen molar-refractivity contribution in [2.24, 2.45) is 5.73 Å². The van der Waals surface area contributed by atoms with Crippen molar-refractivity contribution in [2.45, 2.75) is 38.8 Å². The third kappa shape index (κ3) is 5.56. The lowest BCUT2D eigenvalue weighted by molar-refractivity contribution is 0.0930. The summed E-state index contributed by atoms with van der Waals surface area (Å²) in [7, 11) is 0. The standard InChI is InChI=1S/C29H28N4O3/c1-18(2)36-27-12-11-21(19-7-9-20(10-8-19)28(31)34)16-25(27)29(35)33-23(13-14-30)15-22-17-32-26-6-4-3-5-24(22)26/h3-12,16-18,23,32H,13,15H2,1-2H3,(H2,31,34)(H,33,35). The summed E-state index contributed by atoms with van der Waals surface area (Å²) in [5, 5.41) is 13.5. The lowest BCUT2D eigenvalue weighted by atomic mass is 9.99. The number of H-pyrrole nitrogens is 1. The zero-order chi connectivity index (χ0) is 25.7. The molecular weight excluding hydrogens is 452 g/mol. The Hall–Kier alpha value is -4.57. The fraction of sp³-hybridized carbons (Fsp3) is 0.207. The first-order valence-corrected chi connectivity index (χ1v) is 11.8. The third-order valence-corrected chi connectivity index (χ3v) is 5.90. The van der Waals surface area contributed by atoms with E-state index in [-0.39, 0.29) is 24.5 Å². The zero-order valence-corrected chi connectivity index (χ0v) is 20.2. The molecule has 0 radical (unpaired) electrons. The van der Waals surface area contributed by atoms with Gasteiger partial charge in [0.2, 0.25) is 5.91 Å². The molecule has 0 aliphatic rings. The van der Waals surface area contributed by atoms with Crippen molar-refractivity contribution >= 4 is 22.7 Å². The Bertz CT molecular complexity index is 1430. The highest BCUT2D eigenvalue weighted by Gasteiger charge is 2.20. The van der Waals surface area contributed by atoms with Gasteiger partial charge in [-0.2, -0.15) is 5.26 Å². The van der Waals surface area contributed by atoms with Gasteiger partial charge in [0.15, 0.2) is 0 Å². The minimum atomic E-state index is -0.499. The van der Waals surface area contributed by atoms with Gasteiger partial charge in [-0.25, -0.2) is 0 Å². The molecule has 4 rings (SSSR count). The van der Waals surface area contributed by atoms with E-state index < -0.39 is 5.91 Å². The van der Waals surface area contributed by atoms with Crippen molar-refractivity contribution in [3.8, 4) is 22.9 Å². The number of nitriles is 1. The van der Waals surface area contributed by atoms with Crippen LogP contribution in [0.5, 0.6) is 5.75 Å². The molecule has 4 aromatic rings. The number of rotatable bonds is 9. The second-order valence-electron chi connectivity index (χ2n) is 8.92. The quantitative estimate of drug-likeness (QED) is 0.313. The van der Waals surface area contributed by atoms with Gasteiger partial charge in [0.1, 0.15) is 5.75 Å². The van der Waals surface area contributed by atoms with Crippen LogP contribution in [0.3, 0.4) is 0 Å². The summed E-state index contributed by atoms with van der Waals surface area (Å²) >= 11 is 0. The second kappa shape index (κ2) is 10.8. The van der Waals surface area contributed by atoms with Gasteiger partial charge in [0.25, 0.3) is 5.91 Å². The first-order valence-electron chi connectivity index (χ1n) is 11.8. The summed E-state index contributed by atoms with van der Waals surface area (Å²) < 4.78 is 5.92. The first kappa shape index (κ1) is 24.6. The van der Waals surface area contributed by atoms with Crippen LogP contribution >= 0.6 is 0 Å². The molecule has 0 saturated carbocycles. The van der Waals surface area contributed by atoms with Gasteiger partial charge in [-0.15, -0.1) is 0 Å². The molecule has 182 valence electrons. The number of nitrogens with one attached hydrogen (secondary N) is 2. The molecule has 0 aliphatic heterocycles. The highest BCUT2D eigenvalue weighted by molar-refractivity contribution is 5.99. The number of nitrogens with zero attached hydrogens (tertiary/aromatic N) is 1. The molecule has 1 heterocycles. The number of aromatic nitrogens is 1. The topological polar surface area (TPSA) is 121 Å². The van der Waals surface area contributed by atoms with Gasteiger partial charge >= 0.3 is 0 Å². The molecule has 0 aliphatic carbocycles. The Morgan fingerprint density at radius 3 is 2.47 bits per heavy atom.